The molecule has 0 aliphatic rings. The third kappa shape index (κ3) is 42.4. The third-order valence-electron chi connectivity index (χ3n) is 11.7. The molecule has 0 rings (SSSR count). The van der Waals surface area contributed by atoms with Crippen molar-refractivity contribution in [2.75, 3.05) is 6.61 Å². The van der Waals surface area contributed by atoms with Crippen molar-refractivity contribution in [3.63, 3.8) is 0 Å². The summed E-state index contributed by atoms with van der Waals surface area (Å²) in [5.74, 6) is -0.320. The Morgan fingerprint density at radius 3 is 1.14 bits per heavy atom. The van der Waals surface area contributed by atoms with Crippen LogP contribution in [0.5, 0.6) is 0 Å². The summed E-state index contributed by atoms with van der Waals surface area (Å²) < 4.78 is 0. The summed E-state index contributed by atoms with van der Waals surface area (Å²) in [6.07, 6.45) is 57.7. The highest BCUT2D eigenvalue weighted by molar-refractivity contribution is 5.76. The van der Waals surface area contributed by atoms with Crippen molar-refractivity contribution >= 4 is 5.91 Å². The lowest BCUT2D eigenvalue weighted by molar-refractivity contribution is -0.124. The SMILES string of the molecule is CCCCCCCCCCCCCCCCC/C=C/CC/C=C/C(O)C(CO)NC(=O)CC(O)CCCCCCCCCCCCCCCCCCCCCC. The first-order valence-corrected chi connectivity index (χ1v) is 25.1. The predicted octanol–water partition coefficient (Wildman–Crippen LogP) is 14.9. The fourth-order valence-electron chi connectivity index (χ4n) is 7.89. The average molecular weight is 790 g/mol. The molecule has 0 aromatic heterocycles. The van der Waals surface area contributed by atoms with Crippen molar-refractivity contribution in [2.24, 2.45) is 0 Å². The summed E-state index contributed by atoms with van der Waals surface area (Å²) >= 11 is 0. The van der Waals surface area contributed by atoms with Crippen LogP contribution in [-0.2, 0) is 4.79 Å². The number of carbonyl (C=O) groups is 1. The minimum absolute atomic E-state index is 0.0101. The normalized spacial score (nSPS) is 13.6. The zero-order valence-corrected chi connectivity index (χ0v) is 37.8. The van der Waals surface area contributed by atoms with E-state index in [1.54, 1.807) is 6.08 Å². The first-order valence-electron chi connectivity index (χ1n) is 25.1. The van der Waals surface area contributed by atoms with Gasteiger partial charge in [0.2, 0.25) is 5.91 Å². The largest absolute Gasteiger partial charge is 0.394 e. The lowest BCUT2D eigenvalue weighted by Gasteiger charge is -2.21. The maximum absolute atomic E-state index is 12.5. The number of hydrogen-bond donors (Lipinski definition) is 4. The highest BCUT2D eigenvalue weighted by Crippen LogP contribution is 2.17. The smallest absolute Gasteiger partial charge is 0.222 e. The number of hydrogen-bond acceptors (Lipinski definition) is 4. The molecule has 5 nitrogen and oxygen atoms in total. The van der Waals surface area contributed by atoms with Crippen LogP contribution in [-0.4, -0.2) is 46.1 Å². The Kier molecular flexibility index (Phi) is 45.5. The monoisotopic (exact) mass is 790 g/mol. The van der Waals surface area contributed by atoms with Gasteiger partial charge in [0.1, 0.15) is 0 Å². The van der Waals surface area contributed by atoms with Gasteiger partial charge in [-0.2, -0.15) is 0 Å². The number of carbonyl (C=O) groups excluding carboxylic acids is 1. The van der Waals surface area contributed by atoms with Crippen LogP contribution in [0.15, 0.2) is 24.3 Å². The summed E-state index contributed by atoms with van der Waals surface area (Å²) in [7, 11) is 0. The fraction of sp³-hybridized carbons (Fsp3) is 0.902. The molecule has 1 amide bonds. The van der Waals surface area contributed by atoms with Gasteiger partial charge in [-0.05, 0) is 32.1 Å². The van der Waals surface area contributed by atoms with Crippen LogP contribution in [0.25, 0.3) is 0 Å². The summed E-state index contributed by atoms with van der Waals surface area (Å²) in [4.78, 5) is 12.5. The van der Waals surface area contributed by atoms with Gasteiger partial charge in [0, 0.05) is 0 Å². The molecule has 0 fully saturated rings. The van der Waals surface area contributed by atoms with E-state index in [4.69, 9.17) is 0 Å². The van der Waals surface area contributed by atoms with Gasteiger partial charge in [-0.3, -0.25) is 4.79 Å². The fourth-order valence-corrected chi connectivity index (χ4v) is 7.89. The van der Waals surface area contributed by atoms with E-state index in [0.29, 0.717) is 6.42 Å². The molecular formula is C51H99NO4. The second kappa shape index (κ2) is 46.5. The number of unbranched alkanes of at least 4 members (excludes halogenated alkanes) is 35. The molecule has 0 saturated carbocycles. The van der Waals surface area contributed by atoms with E-state index < -0.39 is 18.2 Å². The summed E-state index contributed by atoms with van der Waals surface area (Å²) in [5, 5.41) is 33.3. The Morgan fingerprint density at radius 1 is 0.446 bits per heavy atom. The van der Waals surface area contributed by atoms with Crippen LogP contribution in [0.2, 0.25) is 0 Å². The molecule has 0 radical (unpaired) electrons. The third-order valence-corrected chi connectivity index (χ3v) is 11.7. The molecule has 3 unspecified atom stereocenters. The number of amides is 1. The maximum atomic E-state index is 12.5. The first-order chi connectivity index (χ1) is 27.5. The Morgan fingerprint density at radius 2 is 0.768 bits per heavy atom. The Hall–Kier alpha value is -1.17. The topological polar surface area (TPSA) is 89.8 Å². The van der Waals surface area contributed by atoms with E-state index in [1.807, 2.05) is 6.08 Å². The lowest BCUT2D eigenvalue weighted by atomic mass is 10.0. The van der Waals surface area contributed by atoms with E-state index in [-0.39, 0.29) is 18.9 Å². The number of rotatable bonds is 46. The minimum Gasteiger partial charge on any atom is -0.394 e. The number of nitrogens with one attached hydrogen (secondary N) is 1. The molecule has 0 aromatic rings. The molecule has 56 heavy (non-hydrogen) atoms. The number of allylic oxidation sites excluding steroid dienone is 3. The summed E-state index contributed by atoms with van der Waals surface area (Å²) in [5.41, 5.74) is 0. The van der Waals surface area contributed by atoms with Crippen LogP contribution in [0.1, 0.15) is 271 Å². The van der Waals surface area contributed by atoms with Gasteiger partial charge in [0.05, 0.1) is 31.3 Å². The van der Waals surface area contributed by atoms with Crippen LogP contribution >= 0.6 is 0 Å². The van der Waals surface area contributed by atoms with Crippen molar-refractivity contribution in [1.29, 1.82) is 0 Å². The quantitative estimate of drug-likeness (QED) is 0.0365. The zero-order valence-electron chi connectivity index (χ0n) is 37.8. The van der Waals surface area contributed by atoms with Gasteiger partial charge in [0.15, 0.2) is 0 Å². The van der Waals surface area contributed by atoms with Crippen molar-refractivity contribution < 1.29 is 20.1 Å². The zero-order chi connectivity index (χ0) is 40.8. The average Bonchev–Trinajstić information content (AvgIpc) is 3.19. The Bertz CT molecular complexity index is 829. The van der Waals surface area contributed by atoms with Gasteiger partial charge < -0.3 is 20.6 Å². The first kappa shape index (κ1) is 54.8. The Labute approximate surface area is 350 Å². The van der Waals surface area contributed by atoms with Crippen molar-refractivity contribution in [1.82, 2.24) is 5.32 Å². The van der Waals surface area contributed by atoms with Gasteiger partial charge in [-0.25, -0.2) is 0 Å². The van der Waals surface area contributed by atoms with Gasteiger partial charge in [-0.1, -0.05) is 256 Å². The molecule has 0 heterocycles. The van der Waals surface area contributed by atoms with Crippen molar-refractivity contribution in [2.45, 2.75) is 289 Å². The minimum atomic E-state index is -0.949. The Balaban J connectivity index is 3.63. The number of aliphatic hydroxyl groups excluding tert-OH is 3. The summed E-state index contributed by atoms with van der Waals surface area (Å²) in [6, 6.07) is -0.758. The highest BCUT2D eigenvalue weighted by Gasteiger charge is 2.20. The van der Waals surface area contributed by atoms with E-state index in [0.717, 1.165) is 32.1 Å². The molecule has 0 spiro atoms. The lowest BCUT2D eigenvalue weighted by Crippen LogP contribution is -2.45. The van der Waals surface area contributed by atoms with E-state index in [1.165, 1.54) is 212 Å². The van der Waals surface area contributed by atoms with Crippen LogP contribution in [0.4, 0.5) is 0 Å². The standard InChI is InChI=1S/C51H99NO4/c1-3-5-7-9-11-13-15-17-19-21-23-25-27-29-31-33-35-37-39-41-43-45-50(55)49(47-53)52-51(56)46-48(54)44-42-40-38-36-34-32-30-28-26-24-22-20-18-16-14-12-10-8-6-4-2/h35,37,43,45,48-50,53-55H,3-34,36,38-42,44,46-47H2,1-2H3,(H,52,56)/b37-35+,45-43+. The molecule has 0 bridgehead atoms. The molecule has 5 heteroatoms. The van der Waals surface area contributed by atoms with Gasteiger partial charge >= 0.3 is 0 Å². The molecule has 0 aromatic carbocycles. The predicted molar refractivity (Wildman–Crippen MR) is 245 cm³/mol. The maximum Gasteiger partial charge on any atom is 0.222 e. The van der Waals surface area contributed by atoms with Crippen LogP contribution in [0.3, 0.4) is 0 Å². The van der Waals surface area contributed by atoms with Crippen molar-refractivity contribution in [3.05, 3.63) is 24.3 Å². The molecule has 4 N–H and O–H groups in total. The highest BCUT2D eigenvalue weighted by atomic mass is 16.3. The molecule has 0 saturated heterocycles. The van der Waals surface area contributed by atoms with Gasteiger partial charge in [-0.15, -0.1) is 0 Å². The van der Waals surface area contributed by atoms with Gasteiger partial charge in [0.25, 0.3) is 0 Å². The van der Waals surface area contributed by atoms with E-state index in [2.05, 4.69) is 31.3 Å². The van der Waals surface area contributed by atoms with Crippen LogP contribution < -0.4 is 5.32 Å². The second-order valence-corrected chi connectivity index (χ2v) is 17.4. The molecule has 0 aliphatic heterocycles. The van der Waals surface area contributed by atoms with E-state index in [9.17, 15) is 20.1 Å². The second-order valence-electron chi connectivity index (χ2n) is 17.4. The summed E-state index contributed by atoms with van der Waals surface area (Å²) in [6.45, 7) is 4.23. The molecule has 332 valence electrons. The molecule has 3 atom stereocenters. The molecule has 0 aliphatic carbocycles. The molecular weight excluding hydrogens is 691 g/mol. The van der Waals surface area contributed by atoms with E-state index >= 15 is 0 Å². The van der Waals surface area contributed by atoms with Crippen molar-refractivity contribution in [3.8, 4) is 0 Å². The van der Waals surface area contributed by atoms with Crippen LogP contribution in [0, 0.1) is 0 Å². The number of aliphatic hydroxyl groups is 3.